The number of hydrogen-bond acceptors (Lipinski definition) is 2. The summed E-state index contributed by atoms with van der Waals surface area (Å²) in [6.07, 6.45) is 1.67. The van der Waals surface area contributed by atoms with E-state index in [0.717, 1.165) is 15.6 Å². The van der Waals surface area contributed by atoms with Gasteiger partial charge in [-0.05, 0) is 23.3 Å². The third-order valence-corrected chi connectivity index (χ3v) is 3.19. The zero-order chi connectivity index (χ0) is 12.8. The van der Waals surface area contributed by atoms with Gasteiger partial charge in [-0.1, -0.05) is 70.6 Å². The Balaban J connectivity index is 2.43. The Morgan fingerprint density at radius 1 is 1.00 bits per heavy atom. The molecule has 0 aliphatic heterocycles. The Hall–Kier alpha value is -1.32. The summed E-state index contributed by atoms with van der Waals surface area (Å²) in [6.45, 7) is 0. The maximum Gasteiger partial charge on any atom is 0.1000 e. The number of halogens is 1. The minimum atomic E-state index is -0.0112. The molecule has 2 aromatic rings. The highest BCUT2D eigenvalue weighted by Crippen LogP contribution is 2.27. The van der Waals surface area contributed by atoms with Gasteiger partial charge in [-0.15, -0.1) is 0 Å². The summed E-state index contributed by atoms with van der Waals surface area (Å²) in [6, 6.07) is 18.4. The van der Waals surface area contributed by atoms with Crippen LogP contribution in [0.2, 0.25) is 0 Å². The lowest BCUT2D eigenvalue weighted by Crippen LogP contribution is -1.98. The zero-order valence-electron chi connectivity index (χ0n) is 9.66. The fraction of sp³-hybridized carbons (Fsp3) is 0.0667. The predicted molar refractivity (Wildman–Crippen MR) is 84.6 cm³/mol. The van der Waals surface area contributed by atoms with Crippen molar-refractivity contribution in [1.29, 1.82) is 0 Å². The molecule has 0 aliphatic rings. The van der Waals surface area contributed by atoms with Crippen LogP contribution in [0.15, 0.2) is 64.1 Å². The van der Waals surface area contributed by atoms with Crippen LogP contribution >= 0.6 is 28.1 Å². The molecule has 0 heterocycles. The molecule has 1 unspecified atom stereocenters. The number of nitrogens with zero attached hydrogens (tertiary/aromatic N) is 1. The first-order valence-corrected chi connectivity index (χ1v) is 6.85. The Morgan fingerprint density at radius 3 is 2.39 bits per heavy atom. The topological polar surface area (TPSA) is 12.4 Å². The summed E-state index contributed by atoms with van der Waals surface area (Å²) in [5, 5.41) is 1.54. The highest BCUT2D eigenvalue weighted by molar-refractivity contribution is 9.10. The molecule has 2 rings (SSSR count). The van der Waals surface area contributed by atoms with Crippen molar-refractivity contribution in [2.24, 2.45) is 4.99 Å². The van der Waals surface area contributed by atoms with E-state index >= 15 is 0 Å². The molecule has 0 aliphatic carbocycles. The summed E-state index contributed by atoms with van der Waals surface area (Å²) in [5.41, 5.74) is 2.30. The van der Waals surface area contributed by atoms with E-state index in [1.807, 2.05) is 30.3 Å². The quantitative estimate of drug-likeness (QED) is 0.592. The third kappa shape index (κ3) is 3.34. The van der Waals surface area contributed by atoms with Crippen molar-refractivity contribution in [2.45, 2.75) is 6.04 Å². The predicted octanol–water partition coefficient (Wildman–Crippen LogP) is 4.61. The second-order valence-corrected chi connectivity index (χ2v) is 4.99. The first-order valence-electron chi connectivity index (χ1n) is 5.58. The normalized spacial score (nSPS) is 12.5. The molecule has 1 nitrogen and oxygen atoms in total. The number of rotatable bonds is 4. The van der Waals surface area contributed by atoms with E-state index in [-0.39, 0.29) is 6.04 Å². The first kappa shape index (κ1) is 13.1. The van der Waals surface area contributed by atoms with Gasteiger partial charge >= 0.3 is 0 Å². The van der Waals surface area contributed by atoms with Gasteiger partial charge in [0.1, 0.15) is 0 Å². The third-order valence-electron chi connectivity index (χ3n) is 2.58. The van der Waals surface area contributed by atoms with Crippen LogP contribution in [-0.2, 0) is 0 Å². The molecule has 1 atom stereocenters. The molecule has 0 N–H and O–H groups in total. The van der Waals surface area contributed by atoms with Gasteiger partial charge in [0.15, 0.2) is 0 Å². The van der Waals surface area contributed by atoms with Crippen molar-refractivity contribution >= 4 is 39.7 Å². The van der Waals surface area contributed by atoms with Gasteiger partial charge in [0.25, 0.3) is 0 Å². The van der Waals surface area contributed by atoms with E-state index in [0.29, 0.717) is 0 Å². The van der Waals surface area contributed by atoms with Crippen LogP contribution in [0.5, 0.6) is 0 Å². The maximum atomic E-state index is 4.81. The Bertz CT molecular complexity index is 551. The van der Waals surface area contributed by atoms with Crippen LogP contribution in [0, 0.1) is 0 Å². The van der Waals surface area contributed by atoms with Gasteiger partial charge in [-0.2, -0.15) is 0 Å². The summed E-state index contributed by atoms with van der Waals surface area (Å²) in [4.78, 5) is 4.52. The molecule has 3 heteroatoms. The number of thiocarbonyl (C=S) groups is 1. The SMILES string of the molecule is S=CC=NC(c1ccccc1)c1cccc(Br)c1. The highest BCUT2D eigenvalue weighted by Gasteiger charge is 2.11. The largest absolute Gasteiger partial charge is 0.279 e. The Labute approximate surface area is 121 Å². The van der Waals surface area contributed by atoms with Crippen LogP contribution in [0.4, 0.5) is 0 Å². The standard InChI is InChI=1S/C15H12BrNS/c16-14-8-4-7-13(11-14)15(17-9-10-18)12-5-2-1-3-6-12/h1-11,15H. The monoisotopic (exact) mass is 317 g/mol. The lowest BCUT2D eigenvalue weighted by Gasteiger charge is -2.13. The number of benzene rings is 2. The molecule has 0 amide bonds. The minimum Gasteiger partial charge on any atom is -0.279 e. The van der Waals surface area contributed by atoms with E-state index in [9.17, 15) is 0 Å². The van der Waals surface area contributed by atoms with Gasteiger partial charge in [0, 0.05) is 16.1 Å². The molecule has 18 heavy (non-hydrogen) atoms. The van der Waals surface area contributed by atoms with E-state index in [1.54, 1.807) is 6.21 Å². The Morgan fingerprint density at radius 2 is 1.72 bits per heavy atom. The second-order valence-electron chi connectivity index (χ2n) is 3.80. The van der Waals surface area contributed by atoms with Crippen LogP contribution in [0.25, 0.3) is 0 Å². The lowest BCUT2D eigenvalue weighted by molar-refractivity contribution is 0.879. The molecule has 0 saturated carbocycles. The molecule has 0 aromatic heterocycles. The molecule has 0 spiro atoms. The molecule has 0 bridgehead atoms. The van der Waals surface area contributed by atoms with Gasteiger partial charge in [0.2, 0.25) is 0 Å². The molecular formula is C15H12BrNS. The van der Waals surface area contributed by atoms with E-state index < -0.39 is 0 Å². The molecule has 2 aromatic carbocycles. The fourth-order valence-electron chi connectivity index (χ4n) is 1.80. The lowest BCUT2D eigenvalue weighted by atomic mass is 9.99. The van der Waals surface area contributed by atoms with Crippen molar-refractivity contribution in [3.8, 4) is 0 Å². The van der Waals surface area contributed by atoms with Crippen LogP contribution < -0.4 is 0 Å². The van der Waals surface area contributed by atoms with Crippen LogP contribution in [0.1, 0.15) is 17.2 Å². The van der Waals surface area contributed by atoms with Gasteiger partial charge in [-0.25, -0.2) is 0 Å². The molecule has 0 fully saturated rings. The minimum absolute atomic E-state index is 0.0112. The van der Waals surface area contributed by atoms with Crippen molar-refractivity contribution in [2.75, 3.05) is 0 Å². The maximum absolute atomic E-state index is 4.81. The first-order chi connectivity index (χ1) is 8.81. The van der Waals surface area contributed by atoms with Crippen molar-refractivity contribution in [3.05, 3.63) is 70.2 Å². The molecular weight excluding hydrogens is 306 g/mol. The molecule has 90 valence electrons. The van der Waals surface area contributed by atoms with Crippen molar-refractivity contribution in [1.82, 2.24) is 0 Å². The van der Waals surface area contributed by atoms with E-state index in [2.05, 4.69) is 45.2 Å². The van der Waals surface area contributed by atoms with Gasteiger partial charge in [0.05, 0.1) is 6.04 Å². The van der Waals surface area contributed by atoms with Crippen LogP contribution in [-0.4, -0.2) is 11.6 Å². The van der Waals surface area contributed by atoms with E-state index in [4.69, 9.17) is 12.2 Å². The summed E-state index contributed by atoms with van der Waals surface area (Å²) in [7, 11) is 0. The smallest absolute Gasteiger partial charge is 0.1000 e. The van der Waals surface area contributed by atoms with Crippen LogP contribution in [0.3, 0.4) is 0 Å². The summed E-state index contributed by atoms with van der Waals surface area (Å²) >= 11 is 8.30. The zero-order valence-corrected chi connectivity index (χ0v) is 12.1. The number of aliphatic imine (C=N–C) groups is 1. The molecule has 0 saturated heterocycles. The fourth-order valence-corrected chi connectivity index (χ4v) is 2.29. The summed E-state index contributed by atoms with van der Waals surface area (Å²) in [5.74, 6) is 0. The summed E-state index contributed by atoms with van der Waals surface area (Å²) < 4.78 is 1.05. The average Bonchev–Trinajstić information content (AvgIpc) is 2.40. The van der Waals surface area contributed by atoms with Gasteiger partial charge in [-0.3, -0.25) is 4.99 Å². The molecule has 0 radical (unpaired) electrons. The number of hydrogen-bond donors (Lipinski definition) is 0. The second kappa shape index (κ2) is 6.57. The van der Waals surface area contributed by atoms with Crippen molar-refractivity contribution in [3.63, 3.8) is 0 Å². The average molecular weight is 318 g/mol. The van der Waals surface area contributed by atoms with Crippen molar-refractivity contribution < 1.29 is 0 Å². The highest BCUT2D eigenvalue weighted by atomic mass is 79.9. The van der Waals surface area contributed by atoms with E-state index in [1.165, 1.54) is 5.37 Å². The van der Waals surface area contributed by atoms with Gasteiger partial charge < -0.3 is 0 Å². The Kier molecular flexibility index (Phi) is 4.79.